The number of hydrogen-bond acceptors (Lipinski definition) is 2. The van der Waals surface area contributed by atoms with Crippen molar-refractivity contribution in [3.05, 3.63) is 29.8 Å². The SMILES string of the molecule is CCCCOc1ccc(C(=O)NCC(Cl)CCC)cc1. The zero-order chi connectivity index (χ0) is 14.8. The number of nitrogens with one attached hydrogen (secondary N) is 1. The van der Waals surface area contributed by atoms with E-state index in [-0.39, 0.29) is 11.3 Å². The molecule has 0 fully saturated rings. The molecule has 4 heteroatoms. The second-order valence-electron chi connectivity index (χ2n) is 4.82. The average molecular weight is 298 g/mol. The van der Waals surface area contributed by atoms with E-state index in [1.54, 1.807) is 12.1 Å². The van der Waals surface area contributed by atoms with Gasteiger partial charge in [0.05, 0.1) is 12.0 Å². The Morgan fingerprint density at radius 3 is 2.55 bits per heavy atom. The fourth-order valence-corrected chi connectivity index (χ4v) is 2.05. The Morgan fingerprint density at radius 2 is 1.95 bits per heavy atom. The summed E-state index contributed by atoms with van der Waals surface area (Å²) < 4.78 is 5.56. The number of halogens is 1. The molecule has 0 aliphatic rings. The molecule has 0 bridgehead atoms. The lowest BCUT2D eigenvalue weighted by molar-refractivity contribution is 0.0953. The van der Waals surface area contributed by atoms with E-state index < -0.39 is 0 Å². The Hall–Kier alpha value is -1.22. The number of ether oxygens (including phenoxy) is 1. The molecule has 0 heterocycles. The summed E-state index contributed by atoms with van der Waals surface area (Å²) in [7, 11) is 0. The van der Waals surface area contributed by atoms with E-state index in [4.69, 9.17) is 16.3 Å². The average Bonchev–Trinajstić information content (AvgIpc) is 2.46. The van der Waals surface area contributed by atoms with Crippen LogP contribution in [0.15, 0.2) is 24.3 Å². The molecule has 1 aromatic carbocycles. The summed E-state index contributed by atoms with van der Waals surface area (Å²) in [6, 6.07) is 7.21. The van der Waals surface area contributed by atoms with E-state index in [0.717, 1.165) is 31.4 Å². The van der Waals surface area contributed by atoms with E-state index in [1.165, 1.54) is 0 Å². The van der Waals surface area contributed by atoms with Crippen LogP contribution in [-0.4, -0.2) is 24.4 Å². The summed E-state index contributed by atoms with van der Waals surface area (Å²) in [4.78, 5) is 11.9. The number of benzene rings is 1. The molecule has 1 aromatic rings. The number of unbranched alkanes of at least 4 members (excludes halogenated alkanes) is 1. The maximum atomic E-state index is 11.9. The lowest BCUT2D eigenvalue weighted by Gasteiger charge is -2.10. The molecule has 0 radical (unpaired) electrons. The van der Waals surface area contributed by atoms with Crippen LogP contribution in [0.1, 0.15) is 49.9 Å². The number of carbonyl (C=O) groups is 1. The van der Waals surface area contributed by atoms with Crippen molar-refractivity contribution in [3.63, 3.8) is 0 Å². The molecule has 3 nitrogen and oxygen atoms in total. The Kier molecular flexibility index (Phi) is 8.12. The van der Waals surface area contributed by atoms with Crippen LogP contribution in [0.2, 0.25) is 0 Å². The molecule has 1 unspecified atom stereocenters. The van der Waals surface area contributed by atoms with E-state index in [9.17, 15) is 4.79 Å². The maximum Gasteiger partial charge on any atom is 0.251 e. The first-order valence-electron chi connectivity index (χ1n) is 7.32. The van der Waals surface area contributed by atoms with Crippen LogP contribution in [0.5, 0.6) is 5.75 Å². The minimum atomic E-state index is -0.0909. The second-order valence-corrected chi connectivity index (χ2v) is 5.44. The standard InChI is InChI=1S/C16H24ClNO2/c1-3-5-11-20-15-9-7-13(8-10-15)16(19)18-12-14(17)6-4-2/h7-10,14H,3-6,11-12H2,1-2H3,(H,18,19). The van der Waals surface area contributed by atoms with Crippen molar-refractivity contribution in [1.82, 2.24) is 5.32 Å². The summed E-state index contributed by atoms with van der Waals surface area (Å²) in [5, 5.41) is 2.84. The van der Waals surface area contributed by atoms with Gasteiger partial charge in [-0.25, -0.2) is 0 Å². The van der Waals surface area contributed by atoms with E-state index in [0.29, 0.717) is 18.7 Å². The fourth-order valence-electron chi connectivity index (χ4n) is 1.76. The molecule has 1 amide bonds. The molecular weight excluding hydrogens is 274 g/mol. The van der Waals surface area contributed by atoms with Crippen LogP contribution in [-0.2, 0) is 0 Å². The molecule has 0 saturated carbocycles. The highest BCUT2D eigenvalue weighted by atomic mass is 35.5. The Labute approximate surface area is 126 Å². The summed E-state index contributed by atoms with van der Waals surface area (Å²) in [6.07, 6.45) is 4.08. The van der Waals surface area contributed by atoms with Gasteiger partial charge in [-0.2, -0.15) is 0 Å². The number of amides is 1. The number of rotatable bonds is 9. The van der Waals surface area contributed by atoms with Crippen molar-refractivity contribution < 1.29 is 9.53 Å². The summed E-state index contributed by atoms with van der Waals surface area (Å²) in [6.45, 7) is 5.42. The molecule has 0 saturated heterocycles. The Morgan fingerprint density at radius 1 is 1.25 bits per heavy atom. The first-order chi connectivity index (χ1) is 9.67. The van der Waals surface area contributed by atoms with Gasteiger partial charge in [0, 0.05) is 12.1 Å². The van der Waals surface area contributed by atoms with Crippen molar-refractivity contribution in [2.45, 2.75) is 44.9 Å². The van der Waals surface area contributed by atoms with Gasteiger partial charge in [0.2, 0.25) is 0 Å². The molecule has 1 atom stereocenters. The van der Waals surface area contributed by atoms with Crippen LogP contribution in [0.4, 0.5) is 0 Å². The van der Waals surface area contributed by atoms with Crippen molar-refractivity contribution in [1.29, 1.82) is 0 Å². The summed E-state index contributed by atoms with van der Waals surface area (Å²) >= 11 is 6.07. The predicted molar refractivity (Wildman–Crippen MR) is 83.7 cm³/mol. The molecule has 20 heavy (non-hydrogen) atoms. The molecule has 1 rings (SSSR count). The molecule has 0 aliphatic carbocycles. The van der Waals surface area contributed by atoms with Crippen LogP contribution in [0, 0.1) is 0 Å². The van der Waals surface area contributed by atoms with Gasteiger partial charge < -0.3 is 10.1 Å². The lowest BCUT2D eigenvalue weighted by atomic mass is 10.2. The highest BCUT2D eigenvalue weighted by Crippen LogP contribution is 2.13. The van der Waals surface area contributed by atoms with Gasteiger partial charge in [0.1, 0.15) is 5.75 Å². The summed E-state index contributed by atoms with van der Waals surface area (Å²) in [5.74, 6) is 0.711. The zero-order valence-electron chi connectivity index (χ0n) is 12.3. The van der Waals surface area contributed by atoms with Crippen LogP contribution in [0.3, 0.4) is 0 Å². The predicted octanol–water partition coefficient (Wildman–Crippen LogP) is 4.00. The van der Waals surface area contributed by atoms with Crippen molar-refractivity contribution in [2.24, 2.45) is 0 Å². The Balaban J connectivity index is 2.40. The third kappa shape index (κ3) is 6.29. The van der Waals surface area contributed by atoms with Gasteiger partial charge in [-0.3, -0.25) is 4.79 Å². The van der Waals surface area contributed by atoms with Gasteiger partial charge in [-0.15, -0.1) is 11.6 Å². The van der Waals surface area contributed by atoms with Gasteiger partial charge in [0.25, 0.3) is 5.91 Å². The fraction of sp³-hybridized carbons (Fsp3) is 0.562. The normalized spacial score (nSPS) is 11.9. The molecule has 0 aliphatic heterocycles. The van der Waals surface area contributed by atoms with Gasteiger partial charge in [0.15, 0.2) is 0 Å². The number of hydrogen-bond donors (Lipinski definition) is 1. The van der Waals surface area contributed by atoms with Crippen LogP contribution >= 0.6 is 11.6 Å². The highest BCUT2D eigenvalue weighted by molar-refractivity contribution is 6.20. The van der Waals surface area contributed by atoms with E-state index in [2.05, 4.69) is 19.2 Å². The smallest absolute Gasteiger partial charge is 0.251 e. The first-order valence-corrected chi connectivity index (χ1v) is 7.76. The van der Waals surface area contributed by atoms with Crippen molar-refractivity contribution in [3.8, 4) is 5.75 Å². The van der Waals surface area contributed by atoms with Crippen LogP contribution in [0.25, 0.3) is 0 Å². The quantitative estimate of drug-likeness (QED) is 0.552. The zero-order valence-corrected chi connectivity index (χ0v) is 13.1. The third-order valence-corrected chi connectivity index (χ3v) is 3.34. The third-order valence-electron chi connectivity index (χ3n) is 2.97. The molecule has 1 N–H and O–H groups in total. The van der Waals surface area contributed by atoms with Gasteiger partial charge in [-0.05, 0) is 37.1 Å². The van der Waals surface area contributed by atoms with Gasteiger partial charge in [-0.1, -0.05) is 26.7 Å². The topological polar surface area (TPSA) is 38.3 Å². The summed E-state index contributed by atoms with van der Waals surface area (Å²) in [5.41, 5.74) is 0.633. The number of alkyl halides is 1. The van der Waals surface area contributed by atoms with Crippen molar-refractivity contribution >= 4 is 17.5 Å². The van der Waals surface area contributed by atoms with E-state index >= 15 is 0 Å². The molecule has 0 aromatic heterocycles. The lowest BCUT2D eigenvalue weighted by Crippen LogP contribution is -2.29. The minimum Gasteiger partial charge on any atom is -0.494 e. The minimum absolute atomic E-state index is 0.000556. The van der Waals surface area contributed by atoms with Crippen LogP contribution < -0.4 is 10.1 Å². The molecule has 0 spiro atoms. The maximum absolute atomic E-state index is 11.9. The molecule has 112 valence electrons. The second kappa shape index (κ2) is 9.65. The highest BCUT2D eigenvalue weighted by Gasteiger charge is 2.08. The largest absolute Gasteiger partial charge is 0.494 e. The monoisotopic (exact) mass is 297 g/mol. The Bertz CT molecular complexity index is 392. The van der Waals surface area contributed by atoms with Gasteiger partial charge >= 0.3 is 0 Å². The van der Waals surface area contributed by atoms with E-state index in [1.807, 2.05) is 12.1 Å². The first kappa shape index (κ1) is 16.8. The van der Waals surface area contributed by atoms with Crippen molar-refractivity contribution in [2.75, 3.05) is 13.2 Å². The molecular formula is C16H24ClNO2. The number of carbonyl (C=O) groups excluding carboxylic acids is 1.